The average Bonchev–Trinajstić information content (AvgIpc) is 2.81. The van der Waals surface area contributed by atoms with Crippen LogP contribution in [0.1, 0.15) is 33.6 Å². The van der Waals surface area contributed by atoms with Crippen LogP contribution in [0.3, 0.4) is 0 Å². The summed E-state index contributed by atoms with van der Waals surface area (Å²) < 4.78 is 31.0. The topological polar surface area (TPSA) is 130 Å². The van der Waals surface area contributed by atoms with Crippen LogP contribution in [0.2, 0.25) is 0 Å². The standard InChI is InChI=1S/C23H38N2O10/c1-8-18(34-21(28)24(16-30-6)11-13-32-19(26)9-2)15-23(4,5)35-22(29)25(17-31-7)12-14-33-20(27)10-3/h9-10,18H,2-3,8,11-17H2,1,4-7H3. The van der Waals surface area contributed by atoms with Crippen molar-refractivity contribution in [3.8, 4) is 0 Å². The van der Waals surface area contributed by atoms with Crippen molar-refractivity contribution in [2.45, 2.75) is 45.3 Å². The largest absolute Gasteiger partial charge is 0.461 e. The van der Waals surface area contributed by atoms with Crippen molar-refractivity contribution in [1.82, 2.24) is 9.80 Å². The second-order valence-corrected chi connectivity index (χ2v) is 7.85. The van der Waals surface area contributed by atoms with E-state index in [9.17, 15) is 19.2 Å². The second kappa shape index (κ2) is 17.3. The van der Waals surface area contributed by atoms with Crippen LogP contribution >= 0.6 is 0 Å². The van der Waals surface area contributed by atoms with E-state index >= 15 is 0 Å². The van der Waals surface area contributed by atoms with E-state index in [1.807, 2.05) is 6.92 Å². The summed E-state index contributed by atoms with van der Waals surface area (Å²) in [5, 5.41) is 0. The number of amides is 2. The first-order chi connectivity index (χ1) is 16.5. The Labute approximate surface area is 206 Å². The third-order valence-corrected chi connectivity index (χ3v) is 4.44. The number of carbonyl (C=O) groups excluding carboxylic acids is 4. The predicted molar refractivity (Wildman–Crippen MR) is 125 cm³/mol. The highest BCUT2D eigenvalue weighted by atomic mass is 16.6. The fourth-order valence-electron chi connectivity index (χ4n) is 2.74. The summed E-state index contributed by atoms with van der Waals surface area (Å²) in [7, 11) is 2.83. The Kier molecular flexibility index (Phi) is 15.8. The molecule has 0 saturated carbocycles. The molecule has 0 aliphatic rings. The zero-order chi connectivity index (χ0) is 26.9. The molecule has 1 atom stereocenters. The third-order valence-electron chi connectivity index (χ3n) is 4.44. The van der Waals surface area contributed by atoms with Gasteiger partial charge in [0.1, 0.15) is 38.4 Å². The molecule has 0 saturated heterocycles. The van der Waals surface area contributed by atoms with Gasteiger partial charge in [-0.3, -0.25) is 9.80 Å². The van der Waals surface area contributed by atoms with Crippen LogP contribution in [-0.4, -0.2) is 99.6 Å². The van der Waals surface area contributed by atoms with Gasteiger partial charge in [0.25, 0.3) is 0 Å². The lowest BCUT2D eigenvalue weighted by Crippen LogP contribution is -2.43. The van der Waals surface area contributed by atoms with Crippen molar-refractivity contribution in [3.63, 3.8) is 0 Å². The molecule has 2 amide bonds. The maximum absolute atomic E-state index is 12.7. The van der Waals surface area contributed by atoms with Crippen LogP contribution in [0.25, 0.3) is 0 Å². The molecule has 0 fully saturated rings. The number of ether oxygens (including phenoxy) is 6. The number of esters is 2. The minimum atomic E-state index is -1.01. The molecule has 200 valence electrons. The number of hydrogen-bond donors (Lipinski definition) is 0. The minimum Gasteiger partial charge on any atom is -0.461 e. The molecular weight excluding hydrogens is 464 g/mol. The van der Waals surface area contributed by atoms with Gasteiger partial charge in [-0.1, -0.05) is 20.1 Å². The summed E-state index contributed by atoms with van der Waals surface area (Å²) in [6.07, 6.45) is 0.785. The maximum Gasteiger partial charge on any atom is 0.412 e. The maximum atomic E-state index is 12.7. The molecule has 0 spiro atoms. The predicted octanol–water partition coefficient (Wildman–Crippen LogP) is 2.48. The van der Waals surface area contributed by atoms with E-state index in [4.69, 9.17) is 28.4 Å². The summed E-state index contributed by atoms with van der Waals surface area (Å²) in [5.74, 6) is -1.21. The normalized spacial score (nSPS) is 11.6. The van der Waals surface area contributed by atoms with Gasteiger partial charge in [0, 0.05) is 32.8 Å². The Morgan fingerprint density at radius 1 is 0.857 bits per heavy atom. The molecule has 35 heavy (non-hydrogen) atoms. The van der Waals surface area contributed by atoms with Crippen molar-refractivity contribution in [2.24, 2.45) is 0 Å². The van der Waals surface area contributed by atoms with Gasteiger partial charge in [0.15, 0.2) is 0 Å². The lowest BCUT2D eigenvalue weighted by Gasteiger charge is -2.32. The van der Waals surface area contributed by atoms with E-state index in [-0.39, 0.29) is 46.2 Å². The molecule has 0 aromatic carbocycles. The van der Waals surface area contributed by atoms with Crippen molar-refractivity contribution in [3.05, 3.63) is 25.3 Å². The Morgan fingerprint density at radius 3 is 1.71 bits per heavy atom. The zero-order valence-electron chi connectivity index (χ0n) is 21.3. The number of carbonyl (C=O) groups is 4. The first kappa shape index (κ1) is 31.9. The summed E-state index contributed by atoms with van der Waals surface area (Å²) in [4.78, 5) is 50.2. The van der Waals surface area contributed by atoms with E-state index in [2.05, 4.69) is 13.2 Å². The van der Waals surface area contributed by atoms with E-state index in [0.29, 0.717) is 6.42 Å². The number of methoxy groups -OCH3 is 2. The van der Waals surface area contributed by atoms with E-state index in [1.54, 1.807) is 13.8 Å². The van der Waals surface area contributed by atoms with Gasteiger partial charge < -0.3 is 28.4 Å². The van der Waals surface area contributed by atoms with Gasteiger partial charge in [-0.25, -0.2) is 19.2 Å². The Morgan fingerprint density at radius 2 is 1.31 bits per heavy atom. The van der Waals surface area contributed by atoms with Crippen molar-refractivity contribution >= 4 is 24.1 Å². The van der Waals surface area contributed by atoms with Crippen LogP contribution < -0.4 is 0 Å². The average molecular weight is 503 g/mol. The zero-order valence-corrected chi connectivity index (χ0v) is 21.3. The lowest BCUT2D eigenvalue weighted by molar-refractivity contribution is -0.139. The van der Waals surface area contributed by atoms with E-state index in [0.717, 1.165) is 12.2 Å². The molecule has 0 aromatic heterocycles. The molecule has 0 N–H and O–H groups in total. The molecule has 0 aromatic rings. The first-order valence-corrected chi connectivity index (χ1v) is 11.0. The van der Waals surface area contributed by atoms with Crippen LogP contribution in [0.15, 0.2) is 25.3 Å². The Bertz CT molecular complexity index is 710. The summed E-state index contributed by atoms with van der Waals surface area (Å²) in [6, 6.07) is 0. The van der Waals surface area contributed by atoms with Gasteiger partial charge in [0.05, 0.1) is 13.1 Å². The fraction of sp³-hybridized carbons (Fsp3) is 0.652. The van der Waals surface area contributed by atoms with Crippen LogP contribution in [0, 0.1) is 0 Å². The van der Waals surface area contributed by atoms with Gasteiger partial charge in [-0.15, -0.1) is 0 Å². The van der Waals surface area contributed by atoms with E-state index in [1.165, 1.54) is 24.0 Å². The highest BCUT2D eigenvalue weighted by Gasteiger charge is 2.31. The molecule has 0 rings (SSSR count). The van der Waals surface area contributed by atoms with Crippen LogP contribution in [0.4, 0.5) is 9.59 Å². The number of hydrogen-bond acceptors (Lipinski definition) is 10. The summed E-state index contributed by atoms with van der Waals surface area (Å²) >= 11 is 0. The Hall–Kier alpha value is -3.12. The van der Waals surface area contributed by atoms with Gasteiger partial charge in [-0.05, 0) is 20.3 Å². The molecule has 0 aliphatic carbocycles. The van der Waals surface area contributed by atoms with E-state index < -0.39 is 35.8 Å². The molecule has 0 radical (unpaired) electrons. The second-order valence-electron chi connectivity index (χ2n) is 7.85. The molecule has 0 aliphatic heterocycles. The first-order valence-electron chi connectivity index (χ1n) is 11.0. The molecule has 1 unspecified atom stereocenters. The van der Waals surface area contributed by atoms with Crippen LogP contribution in [0.5, 0.6) is 0 Å². The fourth-order valence-corrected chi connectivity index (χ4v) is 2.74. The molecule has 0 bridgehead atoms. The van der Waals surface area contributed by atoms with Gasteiger partial charge in [-0.2, -0.15) is 0 Å². The summed E-state index contributed by atoms with van der Waals surface area (Å²) in [5.41, 5.74) is -1.01. The summed E-state index contributed by atoms with van der Waals surface area (Å²) in [6.45, 7) is 11.7. The van der Waals surface area contributed by atoms with Crippen molar-refractivity contribution < 1.29 is 47.6 Å². The van der Waals surface area contributed by atoms with Gasteiger partial charge in [0.2, 0.25) is 0 Å². The number of rotatable bonds is 17. The van der Waals surface area contributed by atoms with Crippen molar-refractivity contribution in [2.75, 3.05) is 54.0 Å². The molecule has 12 nitrogen and oxygen atoms in total. The monoisotopic (exact) mass is 502 g/mol. The van der Waals surface area contributed by atoms with Crippen LogP contribution in [-0.2, 0) is 38.0 Å². The smallest absolute Gasteiger partial charge is 0.412 e. The van der Waals surface area contributed by atoms with Gasteiger partial charge >= 0.3 is 24.1 Å². The molecule has 0 heterocycles. The number of nitrogens with zero attached hydrogens (tertiary/aromatic N) is 2. The minimum absolute atomic E-state index is 0.0525. The third kappa shape index (κ3) is 14.0. The SMILES string of the molecule is C=CC(=O)OCCN(COC)C(=O)OC(CC)CC(C)(C)OC(=O)N(CCOC(=O)C=C)COC. The molecule has 12 heteroatoms. The lowest BCUT2D eigenvalue weighted by atomic mass is 9.99. The highest BCUT2D eigenvalue weighted by Crippen LogP contribution is 2.22. The Balaban J connectivity index is 4.99. The quantitative estimate of drug-likeness (QED) is 0.126. The highest BCUT2D eigenvalue weighted by molar-refractivity contribution is 5.81. The molecular formula is C23H38N2O10. The van der Waals surface area contributed by atoms with Crippen molar-refractivity contribution in [1.29, 1.82) is 0 Å².